The summed E-state index contributed by atoms with van der Waals surface area (Å²) >= 11 is 12.2. The molecule has 2 aromatic rings. The summed E-state index contributed by atoms with van der Waals surface area (Å²) in [7, 11) is 1.74. The first kappa shape index (κ1) is 15.6. The summed E-state index contributed by atoms with van der Waals surface area (Å²) in [5, 5.41) is 14.3. The van der Waals surface area contributed by atoms with E-state index in [1.54, 1.807) is 36.1 Å². The van der Waals surface area contributed by atoms with Crippen molar-refractivity contribution < 1.29 is 4.79 Å². The molecule has 2 rings (SSSR count). The maximum atomic E-state index is 12.7. The predicted octanol–water partition coefficient (Wildman–Crippen LogP) is 3.78. The first-order valence-corrected chi connectivity index (χ1v) is 7.15. The number of ketones is 1. The van der Waals surface area contributed by atoms with Crippen LogP contribution in [0.15, 0.2) is 24.4 Å². The zero-order valence-electron chi connectivity index (χ0n) is 11.6. The van der Waals surface area contributed by atoms with Crippen LogP contribution in [0.4, 0.5) is 0 Å². The van der Waals surface area contributed by atoms with E-state index in [-0.39, 0.29) is 5.78 Å². The molecule has 0 aliphatic heterocycles. The van der Waals surface area contributed by atoms with Gasteiger partial charge in [0.15, 0.2) is 5.78 Å². The quantitative estimate of drug-likeness (QED) is 0.805. The Balaban J connectivity index is 2.52. The van der Waals surface area contributed by atoms with Crippen molar-refractivity contribution >= 4 is 29.0 Å². The molecule has 0 aliphatic rings. The zero-order chi connectivity index (χ0) is 15.6. The lowest BCUT2D eigenvalue weighted by molar-refractivity contribution is 0.0978. The number of aryl methyl sites for hydroxylation is 2. The van der Waals surface area contributed by atoms with Gasteiger partial charge in [0, 0.05) is 28.9 Å². The van der Waals surface area contributed by atoms with E-state index in [0.29, 0.717) is 33.3 Å². The fraction of sp³-hybridized carbons (Fsp3) is 0.267. The second-order valence-corrected chi connectivity index (χ2v) is 5.39. The van der Waals surface area contributed by atoms with Crippen molar-refractivity contribution in [3.63, 3.8) is 0 Å². The highest BCUT2D eigenvalue weighted by Crippen LogP contribution is 2.33. The van der Waals surface area contributed by atoms with Crippen LogP contribution in [0.3, 0.4) is 0 Å². The standard InChI is InChI=1S/C15H13Cl2N3O/c1-3-13-10(8-20(2)19-13)15(21)9(7-18)14-11(16)5-4-6-12(14)17/h4-6,8-9H,3H2,1-2H3. The molecule has 0 amide bonds. The number of carbonyl (C=O) groups is 1. The predicted molar refractivity (Wildman–Crippen MR) is 81.7 cm³/mol. The van der Waals surface area contributed by atoms with Crippen molar-refractivity contribution in [1.82, 2.24) is 9.78 Å². The largest absolute Gasteiger partial charge is 0.292 e. The average Bonchev–Trinajstić information content (AvgIpc) is 2.83. The van der Waals surface area contributed by atoms with E-state index in [4.69, 9.17) is 23.2 Å². The van der Waals surface area contributed by atoms with Gasteiger partial charge in [-0.25, -0.2) is 0 Å². The molecule has 1 aromatic carbocycles. The number of halogens is 2. The molecule has 1 unspecified atom stereocenters. The highest BCUT2D eigenvalue weighted by molar-refractivity contribution is 6.36. The van der Waals surface area contributed by atoms with Crippen molar-refractivity contribution in [3.05, 3.63) is 51.3 Å². The maximum absolute atomic E-state index is 12.7. The minimum Gasteiger partial charge on any atom is -0.292 e. The normalized spacial score (nSPS) is 12.0. The van der Waals surface area contributed by atoms with Gasteiger partial charge in [-0.2, -0.15) is 10.4 Å². The fourth-order valence-corrected chi connectivity index (χ4v) is 2.81. The molecule has 0 bridgehead atoms. The van der Waals surface area contributed by atoms with Gasteiger partial charge in [0.2, 0.25) is 0 Å². The molecular weight excluding hydrogens is 309 g/mol. The molecule has 1 aromatic heterocycles. The third kappa shape index (κ3) is 2.94. The molecule has 0 fully saturated rings. The fourth-order valence-electron chi connectivity index (χ4n) is 2.20. The zero-order valence-corrected chi connectivity index (χ0v) is 13.1. The highest BCUT2D eigenvalue weighted by Gasteiger charge is 2.28. The molecule has 21 heavy (non-hydrogen) atoms. The maximum Gasteiger partial charge on any atom is 0.187 e. The Morgan fingerprint density at radius 1 is 1.43 bits per heavy atom. The monoisotopic (exact) mass is 321 g/mol. The van der Waals surface area contributed by atoms with Gasteiger partial charge in [-0.05, 0) is 18.6 Å². The van der Waals surface area contributed by atoms with Crippen LogP contribution in [-0.2, 0) is 13.5 Å². The molecule has 4 nitrogen and oxygen atoms in total. The van der Waals surface area contributed by atoms with Gasteiger partial charge >= 0.3 is 0 Å². The lowest BCUT2D eigenvalue weighted by Crippen LogP contribution is -2.13. The van der Waals surface area contributed by atoms with E-state index < -0.39 is 5.92 Å². The van der Waals surface area contributed by atoms with E-state index >= 15 is 0 Å². The summed E-state index contributed by atoms with van der Waals surface area (Å²) in [6, 6.07) is 6.91. The van der Waals surface area contributed by atoms with E-state index in [1.165, 1.54) is 0 Å². The Labute approximate surface area is 132 Å². The number of aromatic nitrogens is 2. The third-order valence-corrected chi connectivity index (χ3v) is 3.84. The molecule has 1 atom stereocenters. The summed E-state index contributed by atoms with van der Waals surface area (Å²) in [5.74, 6) is -1.38. The summed E-state index contributed by atoms with van der Waals surface area (Å²) in [4.78, 5) is 12.7. The summed E-state index contributed by atoms with van der Waals surface area (Å²) in [6.45, 7) is 1.91. The van der Waals surface area contributed by atoms with Gasteiger partial charge < -0.3 is 0 Å². The van der Waals surface area contributed by atoms with Gasteiger partial charge in [-0.1, -0.05) is 36.2 Å². The van der Waals surface area contributed by atoms with Crippen molar-refractivity contribution in [3.8, 4) is 6.07 Å². The first-order chi connectivity index (χ1) is 9.99. The van der Waals surface area contributed by atoms with Crippen LogP contribution in [0.25, 0.3) is 0 Å². The molecule has 0 spiro atoms. The highest BCUT2D eigenvalue weighted by atomic mass is 35.5. The first-order valence-electron chi connectivity index (χ1n) is 6.39. The van der Waals surface area contributed by atoms with Gasteiger partial charge in [0.05, 0.1) is 17.3 Å². The van der Waals surface area contributed by atoms with Crippen LogP contribution in [0.5, 0.6) is 0 Å². The molecule has 0 saturated heterocycles. The van der Waals surface area contributed by atoms with Crippen LogP contribution >= 0.6 is 23.2 Å². The second-order valence-electron chi connectivity index (χ2n) is 4.58. The average molecular weight is 322 g/mol. The summed E-state index contributed by atoms with van der Waals surface area (Å²) < 4.78 is 1.56. The van der Waals surface area contributed by atoms with Crippen molar-refractivity contribution in [1.29, 1.82) is 5.26 Å². The van der Waals surface area contributed by atoms with E-state index in [1.807, 2.05) is 13.0 Å². The number of nitriles is 1. The van der Waals surface area contributed by atoms with E-state index in [2.05, 4.69) is 5.10 Å². The minimum atomic E-state index is -1.04. The van der Waals surface area contributed by atoms with Gasteiger partial charge in [0.1, 0.15) is 5.92 Å². The van der Waals surface area contributed by atoms with Crippen LogP contribution in [-0.4, -0.2) is 15.6 Å². The second kappa shape index (κ2) is 6.30. The van der Waals surface area contributed by atoms with Crippen molar-refractivity contribution in [2.24, 2.45) is 7.05 Å². The number of benzene rings is 1. The minimum absolute atomic E-state index is 0.310. The summed E-state index contributed by atoms with van der Waals surface area (Å²) in [5.41, 5.74) is 1.44. The Bertz CT molecular complexity index is 711. The number of hydrogen-bond acceptors (Lipinski definition) is 3. The Kier molecular flexibility index (Phi) is 4.66. The summed E-state index contributed by atoms with van der Waals surface area (Å²) in [6.07, 6.45) is 2.23. The Hall–Kier alpha value is -1.83. The molecule has 0 N–H and O–H groups in total. The van der Waals surface area contributed by atoms with Crippen LogP contribution in [0, 0.1) is 11.3 Å². The van der Waals surface area contributed by atoms with Gasteiger partial charge in [-0.15, -0.1) is 0 Å². The smallest absolute Gasteiger partial charge is 0.187 e. The third-order valence-electron chi connectivity index (χ3n) is 3.19. The molecule has 108 valence electrons. The number of carbonyl (C=O) groups excluding carboxylic acids is 1. The number of Topliss-reactive ketones (excluding diaryl/α,β-unsaturated/α-hetero) is 1. The molecule has 0 aliphatic carbocycles. The Morgan fingerprint density at radius 3 is 2.57 bits per heavy atom. The van der Waals surface area contributed by atoms with E-state index in [9.17, 15) is 10.1 Å². The van der Waals surface area contributed by atoms with Crippen LogP contribution in [0.2, 0.25) is 10.0 Å². The number of hydrogen-bond donors (Lipinski definition) is 0. The molecule has 1 heterocycles. The molecule has 0 radical (unpaired) electrons. The lowest BCUT2D eigenvalue weighted by atomic mass is 9.91. The molecule has 0 saturated carbocycles. The topological polar surface area (TPSA) is 58.7 Å². The van der Waals surface area contributed by atoms with Crippen molar-refractivity contribution in [2.75, 3.05) is 0 Å². The van der Waals surface area contributed by atoms with Crippen molar-refractivity contribution in [2.45, 2.75) is 19.3 Å². The van der Waals surface area contributed by atoms with Gasteiger partial charge in [0.25, 0.3) is 0 Å². The number of nitrogens with zero attached hydrogens (tertiary/aromatic N) is 3. The van der Waals surface area contributed by atoms with Crippen LogP contribution in [0.1, 0.15) is 34.5 Å². The van der Waals surface area contributed by atoms with E-state index in [0.717, 1.165) is 0 Å². The molecular formula is C15H13Cl2N3O. The molecule has 6 heteroatoms. The van der Waals surface area contributed by atoms with Crippen LogP contribution < -0.4 is 0 Å². The Morgan fingerprint density at radius 2 is 2.05 bits per heavy atom. The number of rotatable bonds is 4. The van der Waals surface area contributed by atoms with Gasteiger partial charge in [-0.3, -0.25) is 9.48 Å². The lowest BCUT2D eigenvalue weighted by Gasteiger charge is -2.12. The SMILES string of the molecule is CCc1nn(C)cc1C(=O)C(C#N)c1c(Cl)cccc1Cl.